The van der Waals surface area contributed by atoms with Crippen molar-refractivity contribution in [3.8, 4) is 0 Å². The van der Waals surface area contributed by atoms with E-state index in [1.165, 1.54) is 7.11 Å². The van der Waals surface area contributed by atoms with Crippen LogP contribution in [0.15, 0.2) is 0 Å². The van der Waals surface area contributed by atoms with Gasteiger partial charge >= 0.3 is 5.97 Å². The van der Waals surface area contributed by atoms with Crippen LogP contribution in [0.1, 0.15) is 40.0 Å². The lowest BCUT2D eigenvalue weighted by Crippen LogP contribution is -2.59. The zero-order chi connectivity index (χ0) is 14.8. The number of thioether (sulfide) groups is 1. The highest BCUT2D eigenvalue weighted by Gasteiger charge is 2.52. The highest BCUT2D eigenvalue weighted by Crippen LogP contribution is 2.44. The molecule has 2 aliphatic rings. The maximum Gasteiger partial charge on any atom is 0.327 e. The normalized spacial score (nSPS) is 29.4. The van der Waals surface area contributed by atoms with Gasteiger partial charge in [0.05, 0.1) is 13.2 Å². The van der Waals surface area contributed by atoms with E-state index in [4.69, 9.17) is 9.47 Å². The number of esters is 1. The fourth-order valence-corrected chi connectivity index (χ4v) is 4.53. The summed E-state index contributed by atoms with van der Waals surface area (Å²) in [5, 5.41) is 4.00. The number of methoxy groups -OCH3 is 1. The highest BCUT2D eigenvalue weighted by atomic mass is 32.2. The number of nitrogens with one attached hydrogen (secondary N) is 1. The molecule has 1 aliphatic heterocycles. The van der Waals surface area contributed by atoms with E-state index in [1.807, 2.05) is 11.8 Å². The molecule has 0 aromatic rings. The van der Waals surface area contributed by atoms with Crippen molar-refractivity contribution in [2.75, 3.05) is 19.5 Å². The van der Waals surface area contributed by atoms with Crippen LogP contribution in [0, 0.1) is 5.92 Å². The van der Waals surface area contributed by atoms with Crippen molar-refractivity contribution >= 4 is 17.7 Å². The molecule has 3 atom stereocenters. The van der Waals surface area contributed by atoms with Crippen LogP contribution in [0.25, 0.3) is 0 Å². The first kappa shape index (κ1) is 16.1. The molecule has 5 heteroatoms. The molecule has 0 bridgehead atoms. The fourth-order valence-electron chi connectivity index (χ4n) is 3.00. The van der Waals surface area contributed by atoms with Gasteiger partial charge in [-0.05, 0) is 46.0 Å². The third-order valence-corrected chi connectivity index (χ3v) is 5.87. The van der Waals surface area contributed by atoms with Crippen LogP contribution >= 0.6 is 11.8 Å². The lowest BCUT2D eigenvalue weighted by molar-refractivity contribution is -0.149. The Morgan fingerprint density at radius 1 is 1.45 bits per heavy atom. The zero-order valence-electron chi connectivity index (χ0n) is 13.0. The van der Waals surface area contributed by atoms with E-state index >= 15 is 0 Å². The van der Waals surface area contributed by atoms with E-state index in [0.29, 0.717) is 11.2 Å². The second-order valence-corrected chi connectivity index (χ2v) is 7.48. The number of rotatable bonds is 7. The quantitative estimate of drug-likeness (QED) is 0.731. The summed E-state index contributed by atoms with van der Waals surface area (Å²) in [5.41, 5.74) is -0.518. The molecule has 1 saturated heterocycles. The third-order valence-electron chi connectivity index (χ3n) is 4.20. The Bertz CT molecular complexity index is 346. The first-order valence-electron chi connectivity index (χ1n) is 7.59. The summed E-state index contributed by atoms with van der Waals surface area (Å²) >= 11 is 1.86. The second kappa shape index (κ2) is 6.67. The Labute approximate surface area is 126 Å². The zero-order valence-corrected chi connectivity index (χ0v) is 13.8. The lowest BCUT2D eigenvalue weighted by Gasteiger charge is -2.35. The Kier molecular flexibility index (Phi) is 5.37. The van der Waals surface area contributed by atoms with Crippen LogP contribution < -0.4 is 5.32 Å². The van der Waals surface area contributed by atoms with Gasteiger partial charge in [-0.3, -0.25) is 10.1 Å². The number of hydrogen-bond acceptors (Lipinski definition) is 5. The summed E-state index contributed by atoms with van der Waals surface area (Å²) < 4.78 is 10.7. The Morgan fingerprint density at radius 3 is 2.60 bits per heavy atom. The summed E-state index contributed by atoms with van der Waals surface area (Å²) in [6, 6.07) is 0.271. The Hall–Kier alpha value is -0.260. The van der Waals surface area contributed by atoms with Gasteiger partial charge in [-0.1, -0.05) is 0 Å². The summed E-state index contributed by atoms with van der Waals surface area (Å²) in [4.78, 5) is 12.4. The van der Waals surface area contributed by atoms with Crippen molar-refractivity contribution in [1.82, 2.24) is 5.32 Å². The largest absolute Gasteiger partial charge is 0.468 e. The van der Waals surface area contributed by atoms with E-state index < -0.39 is 5.54 Å². The molecule has 1 heterocycles. The van der Waals surface area contributed by atoms with Crippen molar-refractivity contribution in [3.63, 3.8) is 0 Å². The monoisotopic (exact) mass is 301 g/mol. The molecular formula is C15H27NO3S. The summed E-state index contributed by atoms with van der Waals surface area (Å²) in [7, 11) is 1.49. The number of carbonyl (C=O) groups is 1. The van der Waals surface area contributed by atoms with Crippen molar-refractivity contribution in [3.05, 3.63) is 0 Å². The molecule has 0 spiro atoms. The van der Waals surface area contributed by atoms with Gasteiger partial charge in [-0.15, -0.1) is 0 Å². The van der Waals surface area contributed by atoms with Gasteiger partial charge in [0.1, 0.15) is 5.54 Å². The first-order valence-corrected chi connectivity index (χ1v) is 8.64. The standard InChI is InChI=1S/C15H27NO3S/c1-10(2)16-15(12-5-6-12,14(17)18-4)9-20-13-7-8-19-11(13)3/h10-13,16H,5-9H2,1-4H3. The van der Waals surface area contributed by atoms with Gasteiger partial charge in [-0.2, -0.15) is 11.8 Å². The molecule has 1 N–H and O–H groups in total. The van der Waals surface area contributed by atoms with E-state index in [1.54, 1.807) is 0 Å². The maximum absolute atomic E-state index is 12.4. The van der Waals surface area contributed by atoms with Crippen LogP contribution in [-0.4, -0.2) is 48.4 Å². The number of carbonyl (C=O) groups excluding carboxylic acids is 1. The smallest absolute Gasteiger partial charge is 0.327 e. The van der Waals surface area contributed by atoms with Gasteiger partial charge in [0, 0.05) is 23.7 Å². The van der Waals surface area contributed by atoms with Gasteiger partial charge < -0.3 is 9.47 Å². The third kappa shape index (κ3) is 3.49. The molecule has 20 heavy (non-hydrogen) atoms. The van der Waals surface area contributed by atoms with Crippen LogP contribution in [0.5, 0.6) is 0 Å². The molecule has 4 nitrogen and oxygen atoms in total. The fraction of sp³-hybridized carbons (Fsp3) is 0.933. The molecule has 2 rings (SSSR count). The highest BCUT2D eigenvalue weighted by molar-refractivity contribution is 8.00. The average molecular weight is 301 g/mol. The molecule has 2 fully saturated rings. The number of hydrogen-bond donors (Lipinski definition) is 1. The van der Waals surface area contributed by atoms with Crippen molar-refractivity contribution < 1.29 is 14.3 Å². The Morgan fingerprint density at radius 2 is 2.15 bits per heavy atom. The predicted molar refractivity (Wildman–Crippen MR) is 82.0 cm³/mol. The molecule has 0 radical (unpaired) electrons. The summed E-state index contributed by atoms with van der Waals surface area (Å²) in [6.07, 6.45) is 3.60. The topological polar surface area (TPSA) is 47.6 Å². The van der Waals surface area contributed by atoms with E-state index in [0.717, 1.165) is 31.6 Å². The average Bonchev–Trinajstić information content (AvgIpc) is 3.17. The first-order chi connectivity index (χ1) is 9.49. The van der Waals surface area contributed by atoms with Crippen molar-refractivity contribution in [2.45, 2.75) is 63.0 Å². The maximum atomic E-state index is 12.4. The molecule has 0 aromatic heterocycles. The minimum atomic E-state index is -0.518. The van der Waals surface area contributed by atoms with Gasteiger partial charge in [0.15, 0.2) is 0 Å². The molecule has 0 amide bonds. The van der Waals surface area contributed by atoms with Crippen LogP contribution in [0.3, 0.4) is 0 Å². The molecule has 1 saturated carbocycles. The van der Waals surface area contributed by atoms with E-state index in [9.17, 15) is 4.79 Å². The second-order valence-electron chi connectivity index (χ2n) is 6.25. The molecule has 0 aromatic carbocycles. The SMILES string of the molecule is COC(=O)C(CSC1CCOC1C)(NC(C)C)C1CC1. The molecular weight excluding hydrogens is 274 g/mol. The van der Waals surface area contributed by atoms with E-state index in [2.05, 4.69) is 26.1 Å². The van der Waals surface area contributed by atoms with Crippen LogP contribution in [0.2, 0.25) is 0 Å². The summed E-state index contributed by atoms with van der Waals surface area (Å²) in [6.45, 7) is 7.14. The predicted octanol–water partition coefficient (Wildman–Crippen LogP) is 2.22. The van der Waals surface area contributed by atoms with Gasteiger partial charge in [0.2, 0.25) is 0 Å². The van der Waals surface area contributed by atoms with Gasteiger partial charge in [0.25, 0.3) is 0 Å². The van der Waals surface area contributed by atoms with Crippen molar-refractivity contribution in [1.29, 1.82) is 0 Å². The van der Waals surface area contributed by atoms with Gasteiger partial charge in [-0.25, -0.2) is 0 Å². The number of ether oxygens (including phenoxy) is 2. The Balaban J connectivity index is 2.06. The van der Waals surface area contributed by atoms with Crippen LogP contribution in [-0.2, 0) is 14.3 Å². The minimum absolute atomic E-state index is 0.104. The summed E-state index contributed by atoms with van der Waals surface area (Å²) in [5.74, 6) is 1.09. The molecule has 116 valence electrons. The van der Waals surface area contributed by atoms with Crippen molar-refractivity contribution in [2.24, 2.45) is 5.92 Å². The minimum Gasteiger partial charge on any atom is -0.468 e. The molecule has 3 unspecified atom stereocenters. The molecule has 1 aliphatic carbocycles. The lowest BCUT2D eigenvalue weighted by atomic mass is 9.94. The van der Waals surface area contributed by atoms with Crippen LogP contribution in [0.4, 0.5) is 0 Å². The van der Waals surface area contributed by atoms with E-state index in [-0.39, 0.29) is 18.1 Å².